The fraction of sp³-hybridized carbons (Fsp3) is 0.111. The smallest absolute Gasteiger partial charge is 0.267 e. The van der Waals surface area contributed by atoms with Crippen molar-refractivity contribution in [3.8, 4) is 0 Å². The van der Waals surface area contributed by atoms with Crippen molar-refractivity contribution in [3.05, 3.63) is 33.8 Å². The van der Waals surface area contributed by atoms with Crippen molar-refractivity contribution in [2.75, 3.05) is 0 Å². The lowest BCUT2D eigenvalue weighted by Crippen LogP contribution is -2.10. The van der Waals surface area contributed by atoms with Gasteiger partial charge >= 0.3 is 0 Å². The number of carbonyl (C=O) groups is 1. The largest absolute Gasteiger partial charge is 0.277 e. The van der Waals surface area contributed by atoms with E-state index in [2.05, 4.69) is 20.9 Å². The summed E-state index contributed by atoms with van der Waals surface area (Å²) in [6.07, 6.45) is 1.46. The summed E-state index contributed by atoms with van der Waals surface area (Å²) in [6, 6.07) is 5.43. The molecule has 1 heterocycles. The average molecular weight is 259 g/mol. The van der Waals surface area contributed by atoms with Gasteiger partial charge in [-0.25, -0.2) is 4.99 Å². The highest BCUT2D eigenvalue weighted by molar-refractivity contribution is 9.10. The Kier molecular flexibility index (Phi) is 2.22. The van der Waals surface area contributed by atoms with E-state index in [1.54, 1.807) is 6.07 Å². The van der Waals surface area contributed by atoms with Crippen LogP contribution < -0.4 is 0 Å². The number of hydrogen-bond acceptors (Lipinski definition) is 1. The van der Waals surface area contributed by atoms with Crippen LogP contribution >= 0.6 is 27.5 Å². The Bertz CT molecular complexity index is 403. The zero-order valence-electron chi connectivity index (χ0n) is 6.50. The minimum Gasteiger partial charge on any atom is -0.267 e. The number of fused-ring (bicyclic) bond motifs is 1. The van der Waals surface area contributed by atoms with E-state index in [-0.39, 0.29) is 11.3 Å². The SMILES string of the molecule is O=C1N=CC(Cl)c2ccc(Br)cc21. The maximum absolute atomic E-state index is 11.3. The summed E-state index contributed by atoms with van der Waals surface area (Å²) < 4.78 is 0.862. The van der Waals surface area contributed by atoms with Gasteiger partial charge in [0.15, 0.2) is 0 Å². The molecule has 1 aromatic carbocycles. The van der Waals surface area contributed by atoms with Gasteiger partial charge in [-0.3, -0.25) is 4.79 Å². The van der Waals surface area contributed by atoms with Gasteiger partial charge in [0.1, 0.15) is 0 Å². The molecule has 0 fully saturated rings. The molecule has 0 aliphatic carbocycles. The van der Waals surface area contributed by atoms with Crippen molar-refractivity contribution in [1.82, 2.24) is 0 Å². The maximum Gasteiger partial charge on any atom is 0.277 e. The summed E-state index contributed by atoms with van der Waals surface area (Å²) in [5.74, 6) is -0.229. The molecule has 1 aliphatic rings. The molecule has 1 aromatic rings. The van der Waals surface area contributed by atoms with Crippen molar-refractivity contribution in [2.45, 2.75) is 5.38 Å². The molecule has 1 unspecified atom stereocenters. The van der Waals surface area contributed by atoms with Crippen molar-refractivity contribution in [1.29, 1.82) is 0 Å². The standard InChI is InChI=1S/C9H5BrClNO/c10-5-1-2-6-7(3-5)9(13)12-4-8(6)11/h1-4,8H. The highest BCUT2D eigenvalue weighted by Gasteiger charge is 2.20. The molecule has 0 spiro atoms. The molecule has 13 heavy (non-hydrogen) atoms. The first-order valence-corrected chi connectivity index (χ1v) is 4.93. The van der Waals surface area contributed by atoms with Crippen LogP contribution in [0, 0.1) is 0 Å². The second kappa shape index (κ2) is 3.24. The van der Waals surface area contributed by atoms with E-state index >= 15 is 0 Å². The Hall–Kier alpha value is -0.670. The van der Waals surface area contributed by atoms with Crippen LogP contribution in [0.2, 0.25) is 0 Å². The topological polar surface area (TPSA) is 29.4 Å². The molecule has 1 amide bonds. The van der Waals surface area contributed by atoms with Crippen molar-refractivity contribution in [2.24, 2.45) is 4.99 Å². The number of benzene rings is 1. The highest BCUT2D eigenvalue weighted by atomic mass is 79.9. The van der Waals surface area contributed by atoms with E-state index in [9.17, 15) is 4.79 Å². The summed E-state index contributed by atoms with van der Waals surface area (Å²) >= 11 is 9.24. The van der Waals surface area contributed by atoms with Crippen LogP contribution in [-0.2, 0) is 0 Å². The first-order chi connectivity index (χ1) is 6.18. The van der Waals surface area contributed by atoms with E-state index in [1.165, 1.54) is 6.21 Å². The van der Waals surface area contributed by atoms with Gasteiger partial charge in [0.2, 0.25) is 0 Å². The van der Waals surface area contributed by atoms with Crippen LogP contribution in [-0.4, -0.2) is 12.1 Å². The molecule has 2 nitrogen and oxygen atoms in total. The summed E-state index contributed by atoms with van der Waals surface area (Å²) in [5, 5.41) is -0.291. The van der Waals surface area contributed by atoms with E-state index in [0.29, 0.717) is 5.56 Å². The molecule has 0 saturated heterocycles. The Morgan fingerprint density at radius 1 is 1.46 bits per heavy atom. The second-order valence-corrected chi connectivity index (χ2v) is 4.10. The van der Waals surface area contributed by atoms with Crippen LogP contribution in [0.5, 0.6) is 0 Å². The molecule has 0 radical (unpaired) electrons. The Labute approximate surface area is 88.7 Å². The zero-order valence-corrected chi connectivity index (χ0v) is 8.84. The van der Waals surface area contributed by atoms with Crippen molar-refractivity contribution >= 4 is 39.7 Å². The van der Waals surface area contributed by atoms with Crippen molar-refractivity contribution < 1.29 is 4.79 Å². The van der Waals surface area contributed by atoms with Gasteiger partial charge in [-0.15, -0.1) is 11.6 Å². The second-order valence-electron chi connectivity index (χ2n) is 2.72. The lowest BCUT2D eigenvalue weighted by atomic mass is 10.0. The third-order valence-electron chi connectivity index (χ3n) is 1.87. The van der Waals surface area contributed by atoms with Gasteiger partial charge in [0, 0.05) is 16.3 Å². The molecule has 4 heteroatoms. The normalized spacial score (nSPS) is 20.2. The minimum absolute atomic E-state index is 0.229. The van der Waals surface area contributed by atoms with Gasteiger partial charge in [0.25, 0.3) is 5.91 Å². The Balaban J connectivity index is 2.62. The van der Waals surface area contributed by atoms with Crippen LogP contribution in [0.15, 0.2) is 27.7 Å². The molecule has 1 aliphatic heterocycles. The van der Waals surface area contributed by atoms with Gasteiger partial charge in [-0.05, 0) is 17.7 Å². The highest BCUT2D eigenvalue weighted by Crippen LogP contribution is 2.28. The zero-order chi connectivity index (χ0) is 9.42. The van der Waals surface area contributed by atoms with E-state index < -0.39 is 0 Å². The molecule has 1 atom stereocenters. The molecule has 0 saturated carbocycles. The molecule has 0 bridgehead atoms. The number of alkyl halides is 1. The third-order valence-corrected chi connectivity index (χ3v) is 2.71. The van der Waals surface area contributed by atoms with Gasteiger partial charge in [0.05, 0.1) is 5.38 Å². The predicted octanol–water partition coefficient (Wildman–Crippen LogP) is 2.95. The molecular formula is C9H5BrClNO. The van der Waals surface area contributed by atoms with E-state index in [4.69, 9.17) is 11.6 Å². The predicted molar refractivity (Wildman–Crippen MR) is 55.6 cm³/mol. The molecule has 0 aromatic heterocycles. The number of hydrogen-bond donors (Lipinski definition) is 0. The molecule has 66 valence electrons. The monoisotopic (exact) mass is 257 g/mol. The first kappa shape index (κ1) is 8.91. The summed E-state index contributed by atoms with van der Waals surface area (Å²) in [4.78, 5) is 15.0. The maximum atomic E-state index is 11.3. The lowest BCUT2D eigenvalue weighted by Gasteiger charge is -2.13. The molecular weight excluding hydrogens is 253 g/mol. The van der Waals surface area contributed by atoms with E-state index in [1.807, 2.05) is 12.1 Å². The van der Waals surface area contributed by atoms with Crippen LogP contribution in [0.4, 0.5) is 0 Å². The number of nitrogens with zero attached hydrogens (tertiary/aromatic N) is 1. The number of carbonyl (C=O) groups excluding carboxylic acids is 1. The van der Waals surface area contributed by atoms with Gasteiger partial charge in [-0.1, -0.05) is 22.0 Å². The summed E-state index contributed by atoms with van der Waals surface area (Å²) in [7, 11) is 0. The number of rotatable bonds is 0. The fourth-order valence-electron chi connectivity index (χ4n) is 1.24. The van der Waals surface area contributed by atoms with Crippen LogP contribution in [0.3, 0.4) is 0 Å². The average Bonchev–Trinajstić information content (AvgIpc) is 2.12. The fourth-order valence-corrected chi connectivity index (χ4v) is 1.84. The molecule has 2 rings (SSSR count). The quantitative estimate of drug-likeness (QED) is 0.658. The summed E-state index contributed by atoms with van der Waals surface area (Å²) in [5.41, 5.74) is 1.40. The third kappa shape index (κ3) is 1.54. The minimum atomic E-state index is -0.291. The first-order valence-electron chi connectivity index (χ1n) is 3.70. The number of aliphatic imine (C=N–C) groups is 1. The lowest BCUT2D eigenvalue weighted by molar-refractivity contribution is 0.100. The Morgan fingerprint density at radius 3 is 3.00 bits per heavy atom. The van der Waals surface area contributed by atoms with Gasteiger partial charge < -0.3 is 0 Å². The van der Waals surface area contributed by atoms with Crippen LogP contribution in [0.1, 0.15) is 21.3 Å². The number of amides is 1. The van der Waals surface area contributed by atoms with Crippen molar-refractivity contribution in [3.63, 3.8) is 0 Å². The van der Waals surface area contributed by atoms with Crippen LogP contribution in [0.25, 0.3) is 0 Å². The molecule has 0 N–H and O–H groups in total. The Morgan fingerprint density at radius 2 is 2.23 bits per heavy atom. The number of halogens is 2. The van der Waals surface area contributed by atoms with E-state index in [0.717, 1.165) is 10.0 Å². The summed E-state index contributed by atoms with van der Waals surface area (Å²) in [6.45, 7) is 0. The van der Waals surface area contributed by atoms with Gasteiger partial charge in [-0.2, -0.15) is 0 Å².